The van der Waals surface area contributed by atoms with Crippen LogP contribution in [0.3, 0.4) is 0 Å². The summed E-state index contributed by atoms with van der Waals surface area (Å²) in [5, 5.41) is 0. The molecule has 0 bridgehead atoms. The van der Waals surface area contributed by atoms with Gasteiger partial charge < -0.3 is 18.3 Å². The van der Waals surface area contributed by atoms with Crippen LogP contribution in [0.25, 0.3) is 0 Å². The van der Waals surface area contributed by atoms with Gasteiger partial charge in [0, 0.05) is 0 Å². The fourth-order valence-electron chi connectivity index (χ4n) is 2.79. The SMILES string of the molecule is Cc1ccccc1CO[Si]COc1ccccc1OC[Si]OCc1ccccc1C. The summed E-state index contributed by atoms with van der Waals surface area (Å²) in [6, 6.07) is 24.2. The molecule has 0 aliphatic rings. The van der Waals surface area contributed by atoms with Gasteiger partial charge in [-0.05, 0) is 48.2 Å². The summed E-state index contributed by atoms with van der Waals surface area (Å²) in [5.41, 5.74) is 4.90. The molecule has 3 aromatic rings. The first-order valence-electron chi connectivity index (χ1n) is 9.87. The molecule has 0 N–H and O–H groups in total. The van der Waals surface area contributed by atoms with Crippen molar-refractivity contribution in [3.63, 3.8) is 0 Å². The maximum atomic E-state index is 5.87. The monoisotopic (exact) mass is 434 g/mol. The van der Waals surface area contributed by atoms with E-state index in [9.17, 15) is 0 Å². The summed E-state index contributed by atoms with van der Waals surface area (Å²) in [6.07, 6.45) is 0.997. The highest BCUT2D eigenvalue weighted by molar-refractivity contribution is 6.27. The minimum Gasteiger partial charge on any atom is -0.491 e. The van der Waals surface area contributed by atoms with Crippen molar-refractivity contribution in [1.29, 1.82) is 0 Å². The third-order valence-corrected chi connectivity index (χ3v) is 5.83. The van der Waals surface area contributed by atoms with Crippen LogP contribution in [0.5, 0.6) is 11.5 Å². The average molecular weight is 435 g/mol. The predicted octanol–water partition coefficient (Wildman–Crippen LogP) is 4.65. The quantitative estimate of drug-likeness (QED) is 0.307. The molecule has 3 rings (SSSR count). The molecule has 6 heteroatoms. The Kier molecular flexibility index (Phi) is 9.17. The minimum absolute atomic E-state index is 0.260. The van der Waals surface area contributed by atoms with E-state index in [0.717, 1.165) is 11.5 Å². The summed E-state index contributed by atoms with van der Waals surface area (Å²) >= 11 is 0. The van der Waals surface area contributed by atoms with Crippen molar-refractivity contribution in [2.24, 2.45) is 0 Å². The van der Waals surface area contributed by atoms with E-state index in [-0.39, 0.29) is 19.5 Å². The van der Waals surface area contributed by atoms with Crippen LogP contribution in [-0.2, 0) is 22.1 Å². The highest BCUT2D eigenvalue weighted by Crippen LogP contribution is 2.26. The van der Waals surface area contributed by atoms with E-state index in [0.29, 0.717) is 25.7 Å². The number of rotatable bonds is 12. The molecule has 0 aliphatic carbocycles. The zero-order valence-corrected chi connectivity index (χ0v) is 19.4. The lowest BCUT2D eigenvalue weighted by molar-refractivity contribution is 0.271. The van der Waals surface area contributed by atoms with Crippen LogP contribution < -0.4 is 9.47 Å². The fraction of sp³-hybridized carbons (Fsp3) is 0.250. The molecule has 3 aromatic carbocycles. The normalized spacial score (nSPS) is 10.7. The first-order chi connectivity index (χ1) is 14.7. The van der Waals surface area contributed by atoms with Gasteiger partial charge in [0.2, 0.25) is 0 Å². The summed E-state index contributed by atoms with van der Waals surface area (Å²) < 4.78 is 23.3. The van der Waals surface area contributed by atoms with Gasteiger partial charge in [-0.1, -0.05) is 60.7 Å². The molecule has 0 heterocycles. The number of aryl methyl sites for hydroxylation is 2. The van der Waals surface area contributed by atoms with Crippen LogP contribution in [0.1, 0.15) is 22.3 Å². The number of benzene rings is 3. The Morgan fingerprint density at radius 2 is 0.967 bits per heavy atom. The Morgan fingerprint density at radius 3 is 1.40 bits per heavy atom. The third kappa shape index (κ3) is 7.14. The van der Waals surface area contributed by atoms with Gasteiger partial charge in [-0.15, -0.1) is 0 Å². The Balaban J connectivity index is 1.35. The molecule has 0 fully saturated rings. The largest absolute Gasteiger partial charge is 0.491 e. The molecule has 0 saturated carbocycles. The van der Waals surface area contributed by atoms with Gasteiger partial charge in [0.15, 0.2) is 11.5 Å². The third-order valence-electron chi connectivity index (χ3n) is 4.60. The van der Waals surface area contributed by atoms with E-state index in [2.05, 4.69) is 38.1 Å². The topological polar surface area (TPSA) is 36.9 Å². The molecule has 0 spiro atoms. The van der Waals surface area contributed by atoms with Gasteiger partial charge in [0.1, 0.15) is 12.5 Å². The lowest BCUT2D eigenvalue weighted by Crippen LogP contribution is -2.14. The number of hydrogen-bond acceptors (Lipinski definition) is 4. The second-order valence-electron chi connectivity index (χ2n) is 6.74. The maximum absolute atomic E-state index is 5.87. The molecule has 0 unspecified atom stereocenters. The zero-order valence-electron chi connectivity index (χ0n) is 17.4. The van der Waals surface area contributed by atoms with E-state index in [1.165, 1.54) is 22.3 Å². The Labute approximate surface area is 184 Å². The number of hydrogen-bond donors (Lipinski definition) is 0. The smallest absolute Gasteiger partial charge is 0.273 e. The van der Waals surface area contributed by atoms with Gasteiger partial charge in [0.05, 0.1) is 13.2 Å². The molecule has 4 radical (unpaired) electrons. The predicted molar refractivity (Wildman–Crippen MR) is 121 cm³/mol. The van der Waals surface area contributed by atoms with E-state index < -0.39 is 0 Å². The molecule has 0 aliphatic heterocycles. The average Bonchev–Trinajstić information content (AvgIpc) is 2.76. The van der Waals surface area contributed by atoms with Crippen molar-refractivity contribution in [2.75, 3.05) is 12.5 Å². The summed E-state index contributed by atoms with van der Waals surface area (Å²) in [6.45, 7) is 5.40. The first-order valence-corrected chi connectivity index (χ1v) is 12.1. The van der Waals surface area contributed by atoms with Crippen molar-refractivity contribution in [1.82, 2.24) is 0 Å². The van der Waals surface area contributed by atoms with E-state index in [1.54, 1.807) is 0 Å². The first kappa shape index (κ1) is 22.3. The van der Waals surface area contributed by atoms with Crippen LogP contribution in [0.15, 0.2) is 72.8 Å². The van der Waals surface area contributed by atoms with Crippen molar-refractivity contribution < 1.29 is 18.3 Å². The number of para-hydroxylation sites is 2. The Bertz CT molecular complexity index is 842. The second-order valence-corrected chi connectivity index (χ2v) is 8.48. The standard InChI is InChI=1S/C24H26O4Si2/c1-19-9-3-5-11-21(19)15-27-29-17-25-23-13-7-8-14-24(23)26-18-30-28-16-22-12-6-4-10-20(22)2/h3-14H,15-18H2,1-2H3. The van der Waals surface area contributed by atoms with Crippen LogP contribution >= 0.6 is 0 Å². The molecule has 0 saturated heterocycles. The Morgan fingerprint density at radius 1 is 0.567 bits per heavy atom. The van der Waals surface area contributed by atoms with Crippen molar-refractivity contribution in [2.45, 2.75) is 27.1 Å². The Hall–Kier alpha value is -2.39. The molecule has 0 aromatic heterocycles. The van der Waals surface area contributed by atoms with E-state index >= 15 is 0 Å². The van der Waals surface area contributed by atoms with Crippen LogP contribution in [-0.4, -0.2) is 32.0 Å². The molecule has 154 valence electrons. The van der Waals surface area contributed by atoms with Gasteiger partial charge in [0.25, 0.3) is 19.5 Å². The molecule has 0 amide bonds. The number of ether oxygens (including phenoxy) is 2. The van der Waals surface area contributed by atoms with Crippen LogP contribution in [0, 0.1) is 13.8 Å². The van der Waals surface area contributed by atoms with Crippen molar-refractivity contribution in [3.05, 3.63) is 95.1 Å². The van der Waals surface area contributed by atoms with Crippen molar-refractivity contribution in [3.8, 4) is 11.5 Å². The summed E-state index contributed by atoms with van der Waals surface area (Å²) in [7, 11) is 0.520. The van der Waals surface area contributed by atoms with E-state index in [4.69, 9.17) is 18.3 Å². The van der Waals surface area contributed by atoms with E-state index in [1.807, 2.05) is 48.5 Å². The molecule has 0 atom stereocenters. The molecular formula is C24H26O4Si2. The molecule has 4 nitrogen and oxygen atoms in total. The van der Waals surface area contributed by atoms with Crippen molar-refractivity contribution >= 4 is 19.5 Å². The second kappa shape index (κ2) is 12.3. The summed E-state index contributed by atoms with van der Waals surface area (Å²) in [5.74, 6) is 1.46. The van der Waals surface area contributed by atoms with Gasteiger partial charge >= 0.3 is 0 Å². The summed E-state index contributed by atoms with van der Waals surface area (Å²) in [4.78, 5) is 0. The maximum Gasteiger partial charge on any atom is 0.273 e. The minimum atomic E-state index is 0.260. The van der Waals surface area contributed by atoms with Gasteiger partial charge in [-0.2, -0.15) is 0 Å². The molecular weight excluding hydrogens is 408 g/mol. The highest BCUT2D eigenvalue weighted by Gasteiger charge is 2.06. The molecule has 30 heavy (non-hydrogen) atoms. The van der Waals surface area contributed by atoms with Gasteiger partial charge in [-0.3, -0.25) is 0 Å². The van der Waals surface area contributed by atoms with Crippen LogP contribution in [0.2, 0.25) is 0 Å². The zero-order chi connectivity index (χ0) is 21.0. The highest BCUT2D eigenvalue weighted by atomic mass is 28.2. The fourth-order valence-corrected chi connectivity index (χ4v) is 3.90. The lowest BCUT2D eigenvalue weighted by atomic mass is 10.1. The van der Waals surface area contributed by atoms with Crippen LogP contribution in [0.4, 0.5) is 0 Å². The van der Waals surface area contributed by atoms with Gasteiger partial charge in [-0.25, -0.2) is 0 Å². The lowest BCUT2D eigenvalue weighted by Gasteiger charge is -2.12.